The molecule has 2 unspecified atom stereocenters. The second-order valence-electron chi connectivity index (χ2n) is 7.06. The van der Waals surface area contributed by atoms with Gasteiger partial charge in [-0.3, -0.25) is 4.79 Å². The van der Waals surface area contributed by atoms with E-state index >= 15 is 0 Å². The highest BCUT2D eigenvalue weighted by Crippen LogP contribution is 2.21. The number of carboxylic acid groups (broad SMARTS) is 1. The highest BCUT2D eigenvalue weighted by atomic mass is 16.4. The van der Waals surface area contributed by atoms with Crippen molar-refractivity contribution in [2.45, 2.75) is 31.7 Å². The number of amides is 2. The van der Waals surface area contributed by atoms with Gasteiger partial charge in [0.15, 0.2) is 0 Å². The quantitative estimate of drug-likeness (QED) is 0.815. The van der Waals surface area contributed by atoms with Crippen molar-refractivity contribution in [3.8, 4) is 0 Å². The number of aliphatic carboxylic acids is 1. The van der Waals surface area contributed by atoms with E-state index in [0.717, 1.165) is 24.8 Å². The molecule has 1 saturated heterocycles. The molecule has 142 valence electrons. The van der Waals surface area contributed by atoms with Crippen molar-refractivity contribution in [3.63, 3.8) is 0 Å². The van der Waals surface area contributed by atoms with Gasteiger partial charge in [0.05, 0.1) is 12.0 Å². The molecule has 1 aliphatic heterocycles. The lowest BCUT2D eigenvalue weighted by molar-refractivity contribution is -0.143. The average Bonchev–Trinajstić information content (AvgIpc) is 2.72. The SMILES string of the molecule is O=C(O)C1CCCN(C(=O)NC(CCc2ccccc2)c2ccccc2)C1. The molecule has 1 heterocycles. The normalized spacial score (nSPS) is 17.9. The second-order valence-corrected chi connectivity index (χ2v) is 7.06. The molecule has 1 fully saturated rings. The van der Waals surface area contributed by atoms with Gasteiger partial charge in [0, 0.05) is 13.1 Å². The minimum atomic E-state index is -0.823. The van der Waals surface area contributed by atoms with Crippen molar-refractivity contribution in [1.29, 1.82) is 0 Å². The lowest BCUT2D eigenvalue weighted by Crippen LogP contribution is -2.48. The van der Waals surface area contributed by atoms with Gasteiger partial charge in [0.1, 0.15) is 0 Å². The Balaban J connectivity index is 1.67. The summed E-state index contributed by atoms with van der Waals surface area (Å²) in [5.41, 5.74) is 2.30. The van der Waals surface area contributed by atoms with Crippen LogP contribution in [0.25, 0.3) is 0 Å². The summed E-state index contributed by atoms with van der Waals surface area (Å²) in [6.45, 7) is 0.886. The van der Waals surface area contributed by atoms with Crippen LogP contribution in [-0.4, -0.2) is 35.1 Å². The number of carboxylic acids is 1. The molecule has 0 aromatic heterocycles. The number of piperidine rings is 1. The number of likely N-dealkylation sites (tertiary alicyclic amines) is 1. The van der Waals surface area contributed by atoms with Crippen LogP contribution in [0.5, 0.6) is 0 Å². The van der Waals surface area contributed by atoms with E-state index in [1.807, 2.05) is 48.5 Å². The van der Waals surface area contributed by atoms with Crippen LogP contribution in [0.3, 0.4) is 0 Å². The van der Waals surface area contributed by atoms with E-state index in [0.29, 0.717) is 13.0 Å². The molecule has 0 aliphatic carbocycles. The van der Waals surface area contributed by atoms with Crippen LogP contribution in [0.4, 0.5) is 4.79 Å². The van der Waals surface area contributed by atoms with Crippen LogP contribution in [0.1, 0.15) is 36.4 Å². The van der Waals surface area contributed by atoms with E-state index in [9.17, 15) is 14.7 Å². The first kappa shape index (κ1) is 19.0. The molecule has 2 aromatic carbocycles. The molecular weight excluding hydrogens is 340 g/mol. The van der Waals surface area contributed by atoms with Crippen molar-refractivity contribution < 1.29 is 14.7 Å². The smallest absolute Gasteiger partial charge is 0.317 e. The number of urea groups is 1. The fraction of sp³-hybridized carbons (Fsp3) is 0.364. The average molecular weight is 366 g/mol. The summed E-state index contributed by atoms with van der Waals surface area (Å²) < 4.78 is 0. The van der Waals surface area contributed by atoms with Gasteiger partial charge < -0.3 is 15.3 Å². The third-order valence-electron chi connectivity index (χ3n) is 5.12. The highest BCUT2D eigenvalue weighted by molar-refractivity contribution is 5.77. The molecule has 3 rings (SSSR count). The maximum absolute atomic E-state index is 12.8. The number of benzene rings is 2. The largest absolute Gasteiger partial charge is 0.481 e. The molecule has 0 bridgehead atoms. The Morgan fingerprint density at radius 2 is 1.74 bits per heavy atom. The first-order valence-corrected chi connectivity index (χ1v) is 9.50. The lowest BCUT2D eigenvalue weighted by Gasteiger charge is -2.32. The number of aryl methyl sites for hydroxylation is 1. The Bertz CT molecular complexity index is 749. The first-order valence-electron chi connectivity index (χ1n) is 9.50. The molecule has 27 heavy (non-hydrogen) atoms. The third-order valence-corrected chi connectivity index (χ3v) is 5.12. The number of carbonyl (C=O) groups excluding carboxylic acids is 1. The standard InChI is InChI=1S/C22H26N2O3/c25-21(26)19-12-7-15-24(16-19)22(27)23-20(18-10-5-2-6-11-18)14-13-17-8-3-1-4-9-17/h1-6,8-11,19-20H,7,12-16H2,(H,23,27)(H,25,26). The van der Waals surface area contributed by atoms with Crippen LogP contribution in [0, 0.1) is 5.92 Å². The molecule has 1 aliphatic rings. The van der Waals surface area contributed by atoms with Gasteiger partial charge in [-0.05, 0) is 36.8 Å². The van der Waals surface area contributed by atoms with Gasteiger partial charge in [-0.1, -0.05) is 60.7 Å². The summed E-state index contributed by atoms with van der Waals surface area (Å²) in [6, 6.07) is 19.9. The van der Waals surface area contributed by atoms with E-state index in [2.05, 4.69) is 17.4 Å². The molecule has 5 heteroatoms. The zero-order valence-electron chi connectivity index (χ0n) is 15.4. The second kappa shape index (κ2) is 9.21. The van der Waals surface area contributed by atoms with E-state index in [1.165, 1.54) is 5.56 Å². The van der Waals surface area contributed by atoms with Crippen LogP contribution in [-0.2, 0) is 11.2 Å². The lowest BCUT2D eigenvalue weighted by atomic mass is 9.98. The molecule has 2 N–H and O–H groups in total. The van der Waals surface area contributed by atoms with Gasteiger partial charge >= 0.3 is 12.0 Å². The van der Waals surface area contributed by atoms with Crippen molar-refractivity contribution >= 4 is 12.0 Å². The predicted octanol–water partition coefficient (Wildman–Crippen LogP) is 3.87. The molecule has 0 saturated carbocycles. The third kappa shape index (κ3) is 5.33. The van der Waals surface area contributed by atoms with E-state index in [1.54, 1.807) is 4.90 Å². The number of rotatable bonds is 6. The molecule has 5 nitrogen and oxygen atoms in total. The molecule has 0 spiro atoms. The molecule has 0 radical (unpaired) electrons. The Morgan fingerprint density at radius 1 is 1.07 bits per heavy atom. The van der Waals surface area contributed by atoms with Crippen LogP contribution in [0.15, 0.2) is 60.7 Å². The summed E-state index contributed by atoms with van der Waals surface area (Å²) in [4.78, 5) is 25.7. The minimum absolute atomic E-state index is 0.107. The van der Waals surface area contributed by atoms with Crippen LogP contribution < -0.4 is 5.32 Å². The molecular formula is C22H26N2O3. The Kier molecular flexibility index (Phi) is 6.47. The summed E-state index contributed by atoms with van der Waals surface area (Å²) in [5, 5.41) is 12.4. The summed E-state index contributed by atoms with van der Waals surface area (Å²) in [7, 11) is 0. The van der Waals surface area contributed by atoms with Gasteiger partial charge in [0.25, 0.3) is 0 Å². The zero-order valence-corrected chi connectivity index (χ0v) is 15.4. The first-order chi connectivity index (χ1) is 13.1. The van der Waals surface area contributed by atoms with Gasteiger partial charge in [-0.15, -0.1) is 0 Å². The van der Waals surface area contributed by atoms with Gasteiger partial charge in [-0.2, -0.15) is 0 Å². The Hall–Kier alpha value is -2.82. The predicted molar refractivity (Wildman–Crippen MR) is 104 cm³/mol. The van der Waals surface area contributed by atoms with Crippen molar-refractivity contribution in [2.75, 3.05) is 13.1 Å². The van der Waals surface area contributed by atoms with E-state index < -0.39 is 11.9 Å². The molecule has 2 atom stereocenters. The Morgan fingerprint density at radius 3 is 2.41 bits per heavy atom. The van der Waals surface area contributed by atoms with E-state index in [-0.39, 0.29) is 18.6 Å². The number of hydrogen-bond donors (Lipinski definition) is 2. The molecule has 2 amide bonds. The number of carbonyl (C=O) groups is 2. The minimum Gasteiger partial charge on any atom is -0.481 e. The summed E-state index contributed by atoms with van der Waals surface area (Å²) in [6.07, 6.45) is 3.01. The number of nitrogens with zero attached hydrogens (tertiary/aromatic N) is 1. The molecule has 2 aromatic rings. The van der Waals surface area contributed by atoms with Gasteiger partial charge in [0.2, 0.25) is 0 Å². The fourth-order valence-corrected chi connectivity index (χ4v) is 3.57. The van der Waals surface area contributed by atoms with Crippen molar-refractivity contribution in [3.05, 3.63) is 71.8 Å². The van der Waals surface area contributed by atoms with Gasteiger partial charge in [-0.25, -0.2) is 4.79 Å². The fourth-order valence-electron chi connectivity index (χ4n) is 3.57. The van der Waals surface area contributed by atoms with Crippen molar-refractivity contribution in [2.24, 2.45) is 5.92 Å². The maximum Gasteiger partial charge on any atom is 0.317 e. The topological polar surface area (TPSA) is 69.6 Å². The van der Waals surface area contributed by atoms with Crippen LogP contribution >= 0.6 is 0 Å². The number of hydrogen-bond acceptors (Lipinski definition) is 2. The zero-order chi connectivity index (χ0) is 19.1. The van der Waals surface area contributed by atoms with Crippen LogP contribution in [0.2, 0.25) is 0 Å². The summed E-state index contributed by atoms with van der Waals surface area (Å²) >= 11 is 0. The highest BCUT2D eigenvalue weighted by Gasteiger charge is 2.29. The Labute approximate surface area is 160 Å². The summed E-state index contributed by atoms with van der Waals surface area (Å²) in [5.74, 6) is -1.29. The number of nitrogens with one attached hydrogen (secondary N) is 1. The maximum atomic E-state index is 12.8. The monoisotopic (exact) mass is 366 g/mol. The van der Waals surface area contributed by atoms with Crippen molar-refractivity contribution in [1.82, 2.24) is 10.2 Å². The van der Waals surface area contributed by atoms with E-state index in [4.69, 9.17) is 0 Å².